The molecule has 1 amide bonds. The zero-order chi connectivity index (χ0) is 19.7. The van der Waals surface area contributed by atoms with Gasteiger partial charge in [-0.2, -0.15) is 0 Å². The molecule has 28 heavy (non-hydrogen) atoms. The number of hydrogen-bond acceptors (Lipinski definition) is 5. The molecule has 1 N–H and O–H groups in total. The molecule has 0 unspecified atom stereocenters. The number of aryl methyl sites for hydroxylation is 2. The summed E-state index contributed by atoms with van der Waals surface area (Å²) in [7, 11) is 1.39. The fourth-order valence-electron chi connectivity index (χ4n) is 3.21. The second kappa shape index (κ2) is 7.26. The summed E-state index contributed by atoms with van der Waals surface area (Å²) >= 11 is 0. The average molecular weight is 375 g/mol. The van der Waals surface area contributed by atoms with E-state index in [9.17, 15) is 4.79 Å². The van der Waals surface area contributed by atoms with Crippen LogP contribution in [0, 0.1) is 13.8 Å². The number of methoxy groups -OCH3 is 1. The van der Waals surface area contributed by atoms with Gasteiger partial charge in [0.2, 0.25) is 0 Å². The third-order valence-electron chi connectivity index (χ3n) is 4.93. The SMILES string of the molecule is COC(=O)N1CC=C(c2cncc(-c3ccnc(-c4nc(C)c(C)[nH]4)c3)c2)C1. The van der Waals surface area contributed by atoms with Gasteiger partial charge in [0, 0.05) is 42.9 Å². The van der Waals surface area contributed by atoms with Crippen molar-refractivity contribution in [3.05, 3.63) is 59.8 Å². The second-order valence-corrected chi connectivity index (χ2v) is 6.77. The Balaban J connectivity index is 1.62. The summed E-state index contributed by atoms with van der Waals surface area (Å²) in [6, 6.07) is 6.04. The van der Waals surface area contributed by atoms with Crippen LogP contribution in [0.2, 0.25) is 0 Å². The lowest BCUT2D eigenvalue weighted by atomic mass is 10.0. The Hall–Kier alpha value is -3.48. The smallest absolute Gasteiger partial charge is 0.410 e. The highest BCUT2D eigenvalue weighted by molar-refractivity contribution is 5.79. The van der Waals surface area contributed by atoms with Crippen molar-refractivity contribution in [3.8, 4) is 22.6 Å². The fourth-order valence-corrected chi connectivity index (χ4v) is 3.21. The first-order valence-electron chi connectivity index (χ1n) is 9.02. The van der Waals surface area contributed by atoms with Crippen LogP contribution in [0.4, 0.5) is 4.79 Å². The van der Waals surface area contributed by atoms with Crippen LogP contribution in [0.5, 0.6) is 0 Å². The van der Waals surface area contributed by atoms with Gasteiger partial charge in [0.25, 0.3) is 0 Å². The van der Waals surface area contributed by atoms with E-state index >= 15 is 0 Å². The molecule has 7 heteroatoms. The summed E-state index contributed by atoms with van der Waals surface area (Å²) < 4.78 is 4.80. The first-order chi connectivity index (χ1) is 13.5. The molecule has 0 fully saturated rings. The Morgan fingerprint density at radius 2 is 2.00 bits per heavy atom. The number of carbonyl (C=O) groups excluding carboxylic acids is 1. The molecule has 1 aliphatic rings. The van der Waals surface area contributed by atoms with E-state index in [4.69, 9.17) is 4.74 Å². The molecule has 1 aliphatic heterocycles. The van der Waals surface area contributed by atoms with E-state index in [2.05, 4.69) is 26.0 Å². The molecule has 3 aromatic rings. The van der Waals surface area contributed by atoms with Crippen LogP contribution >= 0.6 is 0 Å². The van der Waals surface area contributed by atoms with Crippen LogP contribution in [-0.4, -0.2) is 51.1 Å². The number of imidazole rings is 1. The number of H-pyrrole nitrogens is 1. The van der Waals surface area contributed by atoms with Crippen LogP contribution in [0.25, 0.3) is 28.2 Å². The van der Waals surface area contributed by atoms with E-state index in [0.717, 1.165) is 45.2 Å². The van der Waals surface area contributed by atoms with Gasteiger partial charge in [-0.3, -0.25) is 9.97 Å². The molecule has 0 spiro atoms. The Labute approximate surface area is 163 Å². The molecule has 0 atom stereocenters. The summed E-state index contributed by atoms with van der Waals surface area (Å²) in [4.78, 5) is 30.0. The minimum absolute atomic E-state index is 0.321. The maximum atomic E-state index is 11.7. The minimum atomic E-state index is -0.321. The topological polar surface area (TPSA) is 84.0 Å². The van der Waals surface area contributed by atoms with Crippen molar-refractivity contribution in [1.29, 1.82) is 0 Å². The lowest BCUT2D eigenvalue weighted by Gasteiger charge is -2.14. The number of rotatable bonds is 3. The van der Waals surface area contributed by atoms with Crippen LogP contribution in [0.3, 0.4) is 0 Å². The molecule has 0 aliphatic carbocycles. The predicted octanol–water partition coefficient (Wildman–Crippen LogP) is 3.62. The van der Waals surface area contributed by atoms with Crippen molar-refractivity contribution in [2.75, 3.05) is 20.2 Å². The van der Waals surface area contributed by atoms with Gasteiger partial charge in [-0.15, -0.1) is 0 Å². The van der Waals surface area contributed by atoms with Crippen molar-refractivity contribution < 1.29 is 9.53 Å². The normalized spacial score (nSPS) is 13.5. The molecule has 7 nitrogen and oxygen atoms in total. The number of carbonyl (C=O) groups is 1. The number of ether oxygens (including phenoxy) is 1. The number of hydrogen-bond donors (Lipinski definition) is 1. The molecule has 4 rings (SSSR count). The van der Waals surface area contributed by atoms with Crippen molar-refractivity contribution >= 4 is 11.7 Å². The van der Waals surface area contributed by atoms with E-state index in [1.165, 1.54) is 7.11 Å². The number of aromatic nitrogens is 4. The number of nitrogens with zero attached hydrogens (tertiary/aromatic N) is 4. The van der Waals surface area contributed by atoms with E-state index in [-0.39, 0.29) is 6.09 Å². The zero-order valence-electron chi connectivity index (χ0n) is 16.1. The molecule has 0 bridgehead atoms. The maximum Gasteiger partial charge on any atom is 0.410 e. The largest absolute Gasteiger partial charge is 0.453 e. The number of aromatic amines is 1. The highest BCUT2D eigenvalue weighted by Crippen LogP contribution is 2.27. The van der Waals surface area contributed by atoms with Crippen LogP contribution in [0.1, 0.15) is 17.0 Å². The second-order valence-electron chi connectivity index (χ2n) is 6.77. The summed E-state index contributed by atoms with van der Waals surface area (Å²) in [6.45, 7) is 5.03. The maximum absolute atomic E-state index is 11.7. The Kier molecular flexibility index (Phi) is 4.65. The Morgan fingerprint density at radius 3 is 2.75 bits per heavy atom. The van der Waals surface area contributed by atoms with Gasteiger partial charge in [-0.05, 0) is 48.7 Å². The van der Waals surface area contributed by atoms with Gasteiger partial charge in [-0.1, -0.05) is 6.08 Å². The quantitative estimate of drug-likeness (QED) is 0.756. The lowest BCUT2D eigenvalue weighted by molar-refractivity contribution is 0.135. The molecular formula is C21H21N5O2. The van der Waals surface area contributed by atoms with Gasteiger partial charge in [0.15, 0.2) is 5.82 Å². The minimum Gasteiger partial charge on any atom is -0.453 e. The van der Waals surface area contributed by atoms with E-state index in [0.29, 0.717) is 13.1 Å². The Morgan fingerprint density at radius 1 is 1.18 bits per heavy atom. The molecule has 142 valence electrons. The standard InChI is InChI=1S/C21H21N5O2/c1-13-14(2)25-20(24-13)19-9-15(4-6-23-19)17-8-18(11-22-10-17)16-5-7-26(12-16)21(27)28-3/h4-6,8-11H,7,12H2,1-3H3,(H,24,25). The molecule has 3 aromatic heterocycles. The molecular weight excluding hydrogens is 354 g/mol. The van der Waals surface area contributed by atoms with Gasteiger partial charge in [-0.25, -0.2) is 9.78 Å². The first kappa shape index (κ1) is 17.9. The predicted molar refractivity (Wildman–Crippen MR) is 106 cm³/mol. The van der Waals surface area contributed by atoms with Crippen molar-refractivity contribution in [1.82, 2.24) is 24.8 Å². The summed E-state index contributed by atoms with van der Waals surface area (Å²) in [5.74, 6) is 0.758. The van der Waals surface area contributed by atoms with E-state index in [1.807, 2.05) is 44.4 Å². The highest BCUT2D eigenvalue weighted by atomic mass is 16.5. The molecule has 0 saturated carbocycles. The highest BCUT2D eigenvalue weighted by Gasteiger charge is 2.21. The van der Waals surface area contributed by atoms with Gasteiger partial charge >= 0.3 is 6.09 Å². The molecule has 4 heterocycles. The lowest BCUT2D eigenvalue weighted by Crippen LogP contribution is -2.28. The average Bonchev–Trinajstić information content (AvgIpc) is 3.35. The number of nitrogens with one attached hydrogen (secondary N) is 1. The van der Waals surface area contributed by atoms with Crippen LogP contribution in [0.15, 0.2) is 42.9 Å². The van der Waals surface area contributed by atoms with Crippen molar-refractivity contribution in [2.45, 2.75) is 13.8 Å². The van der Waals surface area contributed by atoms with Crippen molar-refractivity contribution in [3.63, 3.8) is 0 Å². The van der Waals surface area contributed by atoms with E-state index in [1.54, 1.807) is 11.1 Å². The number of pyridine rings is 2. The molecule has 0 saturated heterocycles. The third-order valence-corrected chi connectivity index (χ3v) is 4.93. The van der Waals surface area contributed by atoms with Gasteiger partial charge in [0.1, 0.15) is 5.69 Å². The summed E-state index contributed by atoms with van der Waals surface area (Å²) in [5.41, 5.74) is 6.84. The zero-order valence-corrected chi connectivity index (χ0v) is 16.1. The third kappa shape index (κ3) is 3.38. The van der Waals surface area contributed by atoms with Crippen LogP contribution < -0.4 is 0 Å². The molecule has 0 radical (unpaired) electrons. The summed E-state index contributed by atoms with van der Waals surface area (Å²) in [6.07, 6.45) is 7.13. The van der Waals surface area contributed by atoms with Crippen LogP contribution in [-0.2, 0) is 4.74 Å². The molecule has 0 aromatic carbocycles. The van der Waals surface area contributed by atoms with Gasteiger partial charge in [0.05, 0.1) is 12.8 Å². The van der Waals surface area contributed by atoms with E-state index < -0.39 is 0 Å². The first-order valence-corrected chi connectivity index (χ1v) is 9.02. The monoisotopic (exact) mass is 375 g/mol. The summed E-state index contributed by atoms with van der Waals surface area (Å²) in [5, 5.41) is 0. The Bertz CT molecular complexity index is 1050. The van der Waals surface area contributed by atoms with Crippen molar-refractivity contribution in [2.24, 2.45) is 0 Å². The van der Waals surface area contributed by atoms with Gasteiger partial charge < -0.3 is 14.6 Å². The fraction of sp³-hybridized carbons (Fsp3) is 0.238. The number of amides is 1.